The third-order valence-corrected chi connectivity index (χ3v) is 6.12. The molecule has 3 aliphatic rings. The maximum absolute atomic E-state index is 12.3. The molecule has 124 valence electrons. The van der Waals surface area contributed by atoms with Crippen LogP contribution in [0.2, 0.25) is 0 Å². The first kappa shape index (κ1) is 15.5. The predicted molar refractivity (Wildman–Crippen MR) is 93.5 cm³/mol. The van der Waals surface area contributed by atoms with E-state index in [1.807, 2.05) is 24.3 Å². The Bertz CT molecular complexity index is 594. The van der Waals surface area contributed by atoms with Crippen molar-refractivity contribution in [3.8, 4) is 0 Å². The summed E-state index contributed by atoms with van der Waals surface area (Å²) in [6.45, 7) is 2.43. The number of amides is 1. The summed E-state index contributed by atoms with van der Waals surface area (Å²) in [5, 5.41) is 2.86. The summed E-state index contributed by atoms with van der Waals surface area (Å²) in [4.78, 5) is 14.9. The van der Waals surface area contributed by atoms with Gasteiger partial charge in [0.2, 0.25) is 0 Å². The highest BCUT2D eigenvalue weighted by Gasteiger charge is 2.48. The number of rotatable bonds is 2. The second-order valence-electron chi connectivity index (χ2n) is 7.14. The lowest BCUT2D eigenvalue weighted by Gasteiger charge is -2.43. The Kier molecular flexibility index (Phi) is 4.33. The molecule has 4 rings (SSSR count). The van der Waals surface area contributed by atoms with Crippen LogP contribution in [0.4, 0.5) is 10.5 Å². The number of nitrogens with zero attached hydrogens (tertiary/aromatic N) is 1. The minimum atomic E-state index is -0.317. The van der Waals surface area contributed by atoms with Gasteiger partial charge in [0.1, 0.15) is 6.10 Å². The Hall–Kier alpha value is -1.07. The monoisotopic (exact) mass is 378 g/mol. The minimum absolute atomic E-state index is 0.0836. The molecule has 4 nitrogen and oxygen atoms in total. The minimum Gasteiger partial charge on any atom is -0.446 e. The summed E-state index contributed by atoms with van der Waals surface area (Å²) >= 11 is 3.42. The number of anilines is 1. The maximum atomic E-state index is 12.3. The van der Waals surface area contributed by atoms with Gasteiger partial charge in [-0.1, -0.05) is 28.4 Å². The van der Waals surface area contributed by atoms with Crippen molar-refractivity contribution >= 4 is 27.7 Å². The van der Waals surface area contributed by atoms with E-state index < -0.39 is 0 Å². The molecule has 0 unspecified atom stereocenters. The molecule has 1 amide bonds. The molecule has 1 saturated carbocycles. The number of ether oxygens (including phenoxy) is 1. The zero-order valence-corrected chi connectivity index (χ0v) is 14.8. The third kappa shape index (κ3) is 3.26. The van der Waals surface area contributed by atoms with Crippen molar-refractivity contribution in [2.24, 2.45) is 11.8 Å². The van der Waals surface area contributed by atoms with Gasteiger partial charge < -0.3 is 4.74 Å². The van der Waals surface area contributed by atoms with Crippen LogP contribution in [-0.4, -0.2) is 36.2 Å². The molecule has 2 saturated heterocycles. The van der Waals surface area contributed by atoms with Crippen LogP contribution in [-0.2, 0) is 4.74 Å². The lowest BCUT2D eigenvalue weighted by Crippen LogP contribution is -2.49. The molecule has 1 aliphatic carbocycles. The van der Waals surface area contributed by atoms with Crippen molar-refractivity contribution in [3.63, 3.8) is 0 Å². The zero-order valence-electron chi connectivity index (χ0n) is 13.2. The summed E-state index contributed by atoms with van der Waals surface area (Å²) in [6.07, 6.45) is 5.94. The van der Waals surface area contributed by atoms with E-state index >= 15 is 0 Å². The smallest absolute Gasteiger partial charge is 0.411 e. The van der Waals surface area contributed by atoms with Crippen molar-refractivity contribution in [3.05, 3.63) is 28.7 Å². The van der Waals surface area contributed by atoms with Gasteiger partial charge >= 0.3 is 6.09 Å². The van der Waals surface area contributed by atoms with E-state index in [1.165, 1.54) is 38.8 Å². The van der Waals surface area contributed by atoms with Gasteiger partial charge in [0.25, 0.3) is 0 Å². The Balaban J connectivity index is 1.40. The largest absolute Gasteiger partial charge is 0.446 e. The zero-order chi connectivity index (χ0) is 15.8. The first-order valence-electron chi connectivity index (χ1n) is 8.66. The molecule has 1 aromatic rings. The van der Waals surface area contributed by atoms with Crippen molar-refractivity contribution in [1.82, 2.24) is 4.90 Å². The Labute approximate surface area is 145 Å². The fraction of sp³-hybridized carbons (Fsp3) is 0.611. The SMILES string of the molecule is O=C(Nc1cccc(Br)c1)O[C@@H]1C[C@H]2C[C@@H]1[C@H]1CCCCN1C2. The lowest BCUT2D eigenvalue weighted by molar-refractivity contribution is 0.0181. The van der Waals surface area contributed by atoms with Crippen LogP contribution < -0.4 is 5.32 Å². The summed E-state index contributed by atoms with van der Waals surface area (Å²) in [5.74, 6) is 1.24. The lowest BCUT2D eigenvalue weighted by atomic mass is 9.84. The van der Waals surface area contributed by atoms with Crippen LogP contribution in [0.3, 0.4) is 0 Å². The number of hydrogen-bond donors (Lipinski definition) is 1. The van der Waals surface area contributed by atoms with Crippen LogP contribution >= 0.6 is 15.9 Å². The van der Waals surface area contributed by atoms with E-state index in [-0.39, 0.29) is 12.2 Å². The van der Waals surface area contributed by atoms with Gasteiger partial charge in [-0.15, -0.1) is 0 Å². The second-order valence-corrected chi connectivity index (χ2v) is 8.05. The van der Waals surface area contributed by atoms with Crippen molar-refractivity contribution < 1.29 is 9.53 Å². The topological polar surface area (TPSA) is 41.6 Å². The quantitative estimate of drug-likeness (QED) is 0.835. The molecular formula is C18H23BrN2O2. The van der Waals surface area contributed by atoms with Gasteiger partial charge in [-0.25, -0.2) is 4.79 Å². The Morgan fingerprint density at radius 2 is 2.22 bits per heavy atom. The summed E-state index contributed by atoms with van der Waals surface area (Å²) in [6, 6.07) is 8.24. The molecule has 0 radical (unpaired) electrons. The highest BCUT2D eigenvalue weighted by atomic mass is 79.9. The van der Waals surface area contributed by atoms with Crippen molar-refractivity contribution in [2.45, 2.75) is 44.2 Å². The van der Waals surface area contributed by atoms with Gasteiger partial charge in [-0.2, -0.15) is 0 Å². The van der Waals surface area contributed by atoms with Gasteiger partial charge in [0, 0.05) is 28.7 Å². The van der Waals surface area contributed by atoms with E-state index in [2.05, 4.69) is 26.1 Å². The third-order valence-electron chi connectivity index (χ3n) is 5.63. The molecule has 5 heteroatoms. The molecule has 1 aromatic carbocycles. The standard InChI is InChI=1S/C18H23BrN2O2/c19-13-4-3-5-14(10-13)20-18(22)23-17-9-12-8-15(17)16-6-1-2-7-21(16)11-12/h3-5,10,12,15-17H,1-2,6-9,11H2,(H,20,22)/t12-,15-,16-,17-/m1/s1. The van der Waals surface area contributed by atoms with Crippen LogP contribution in [0.1, 0.15) is 32.1 Å². The Morgan fingerprint density at radius 3 is 3.09 bits per heavy atom. The van der Waals surface area contributed by atoms with Gasteiger partial charge in [-0.3, -0.25) is 10.2 Å². The van der Waals surface area contributed by atoms with E-state index in [4.69, 9.17) is 4.74 Å². The second kappa shape index (κ2) is 6.44. The normalized spacial score (nSPS) is 33.1. The van der Waals surface area contributed by atoms with Crippen LogP contribution in [0, 0.1) is 11.8 Å². The fourth-order valence-electron chi connectivity index (χ4n) is 4.74. The number of halogens is 1. The van der Waals surface area contributed by atoms with Gasteiger partial charge in [-0.05, 0) is 56.3 Å². The van der Waals surface area contributed by atoms with Crippen molar-refractivity contribution in [1.29, 1.82) is 0 Å². The average Bonchev–Trinajstić information content (AvgIpc) is 2.84. The highest BCUT2D eigenvalue weighted by Crippen LogP contribution is 2.45. The Morgan fingerprint density at radius 1 is 1.30 bits per heavy atom. The van der Waals surface area contributed by atoms with Crippen molar-refractivity contribution in [2.75, 3.05) is 18.4 Å². The number of carbonyl (C=O) groups is 1. The van der Waals surface area contributed by atoms with Crippen LogP contribution in [0.5, 0.6) is 0 Å². The van der Waals surface area contributed by atoms with Crippen LogP contribution in [0.25, 0.3) is 0 Å². The molecule has 1 N–H and O–H groups in total. The summed E-state index contributed by atoms with van der Waals surface area (Å²) in [7, 11) is 0. The molecule has 0 spiro atoms. The van der Waals surface area contributed by atoms with E-state index in [0.717, 1.165) is 16.6 Å². The number of benzene rings is 1. The molecule has 3 fully saturated rings. The number of carbonyl (C=O) groups excluding carboxylic acids is 1. The molecular weight excluding hydrogens is 356 g/mol. The average molecular weight is 379 g/mol. The summed E-state index contributed by atoms with van der Waals surface area (Å²) in [5.41, 5.74) is 0.768. The highest BCUT2D eigenvalue weighted by molar-refractivity contribution is 9.10. The number of hydrogen-bond acceptors (Lipinski definition) is 3. The van der Waals surface area contributed by atoms with Gasteiger partial charge in [0.15, 0.2) is 0 Å². The molecule has 0 aromatic heterocycles. The van der Waals surface area contributed by atoms with Gasteiger partial charge in [0.05, 0.1) is 0 Å². The molecule has 2 aliphatic heterocycles. The number of fused-ring (bicyclic) bond motifs is 4. The molecule has 2 heterocycles. The first-order valence-corrected chi connectivity index (χ1v) is 9.45. The van der Waals surface area contributed by atoms with E-state index in [9.17, 15) is 4.79 Å². The first-order chi connectivity index (χ1) is 11.2. The maximum Gasteiger partial charge on any atom is 0.411 e. The van der Waals surface area contributed by atoms with Crippen LogP contribution in [0.15, 0.2) is 28.7 Å². The fourth-order valence-corrected chi connectivity index (χ4v) is 5.14. The summed E-state index contributed by atoms with van der Waals surface area (Å²) < 4.78 is 6.77. The molecule has 4 atom stereocenters. The van der Waals surface area contributed by atoms with E-state index in [0.29, 0.717) is 17.9 Å². The number of nitrogens with one attached hydrogen (secondary N) is 1. The molecule has 23 heavy (non-hydrogen) atoms. The molecule has 2 bridgehead atoms. The van der Waals surface area contributed by atoms with E-state index in [1.54, 1.807) is 0 Å². The number of piperidine rings is 2. The predicted octanol–water partition coefficient (Wildman–Crippen LogP) is 4.26.